The number of hydrogen-bond donors (Lipinski definition) is 2. The lowest BCUT2D eigenvalue weighted by atomic mass is 10.1. The molecule has 1 aromatic rings. The van der Waals surface area contributed by atoms with Gasteiger partial charge in [0.2, 0.25) is 5.91 Å². The van der Waals surface area contributed by atoms with Gasteiger partial charge in [0.25, 0.3) is 0 Å². The SMILES string of the molecule is CCCC[C@H](NC(=O)CN1CCN(Cc2ccccc2)CC1)C(=O)O. The van der Waals surface area contributed by atoms with Crippen molar-refractivity contribution in [2.45, 2.75) is 38.8 Å². The lowest BCUT2D eigenvalue weighted by molar-refractivity contribution is -0.142. The largest absolute Gasteiger partial charge is 0.480 e. The Morgan fingerprint density at radius 2 is 1.76 bits per heavy atom. The number of hydrogen-bond acceptors (Lipinski definition) is 4. The van der Waals surface area contributed by atoms with E-state index in [4.69, 9.17) is 0 Å². The van der Waals surface area contributed by atoms with Crippen molar-refractivity contribution < 1.29 is 14.7 Å². The highest BCUT2D eigenvalue weighted by Gasteiger charge is 2.22. The predicted octanol–water partition coefficient (Wildman–Crippen LogP) is 1.56. The summed E-state index contributed by atoms with van der Waals surface area (Å²) in [7, 11) is 0. The van der Waals surface area contributed by atoms with Crippen LogP contribution in [0.15, 0.2) is 30.3 Å². The number of carboxylic acid groups (broad SMARTS) is 1. The molecule has 1 atom stereocenters. The molecule has 2 rings (SSSR count). The van der Waals surface area contributed by atoms with Crippen LogP contribution >= 0.6 is 0 Å². The average molecular weight is 347 g/mol. The molecule has 0 unspecified atom stereocenters. The standard InChI is InChI=1S/C19H29N3O3/c1-2-3-9-17(19(24)25)20-18(23)15-22-12-10-21(11-13-22)14-16-7-5-4-6-8-16/h4-8,17H,2-3,9-15H2,1H3,(H,20,23)(H,24,25)/t17-/m0/s1. The Balaban J connectivity index is 1.71. The van der Waals surface area contributed by atoms with Crippen LogP contribution in [0, 0.1) is 0 Å². The van der Waals surface area contributed by atoms with Gasteiger partial charge >= 0.3 is 5.97 Å². The van der Waals surface area contributed by atoms with Gasteiger partial charge in [-0.1, -0.05) is 50.1 Å². The summed E-state index contributed by atoms with van der Waals surface area (Å²) < 4.78 is 0. The fraction of sp³-hybridized carbons (Fsp3) is 0.579. The number of nitrogens with one attached hydrogen (secondary N) is 1. The molecule has 0 aromatic heterocycles. The van der Waals surface area contributed by atoms with E-state index in [0.717, 1.165) is 45.6 Å². The Bertz CT molecular complexity index is 542. The predicted molar refractivity (Wildman–Crippen MR) is 97.3 cm³/mol. The fourth-order valence-corrected chi connectivity index (χ4v) is 3.06. The molecular weight excluding hydrogens is 318 g/mol. The number of benzene rings is 1. The molecule has 0 aliphatic carbocycles. The minimum atomic E-state index is -0.950. The number of carboxylic acids is 1. The first-order chi connectivity index (χ1) is 12.1. The molecule has 1 fully saturated rings. The van der Waals surface area contributed by atoms with E-state index in [0.29, 0.717) is 6.42 Å². The number of rotatable bonds is 9. The van der Waals surface area contributed by atoms with Crippen LogP contribution in [0.25, 0.3) is 0 Å². The summed E-state index contributed by atoms with van der Waals surface area (Å²) in [5.41, 5.74) is 1.30. The molecule has 0 bridgehead atoms. The number of amides is 1. The second-order valence-electron chi connectivity index (χ2n) is 6.64. The van der Waals surface area contributed by atoms with Crippen LogP contribution in [0.4, 0.5) is 0 Å². The molecule has 0 saturated carbocycles. The third kappa shape index (κ3) is 6.84. The monoisotopic (exact) mass is 347 g/mol. The fourth-order valence-electron chi connectivity index (χ4n) is 3.06. The average Bonchev–Trinajstić information content (AvgIpc) is 2.61. The van der Waals surface area contributed by atoms with Crippen LogP contribution in [-0.4, -0.2) is 65.5 Å². The lowest BCUT2D eigenvalue weighted by Gasteiger charge is -2.34. The summed E-state index contributed by atoms with van der Waals surface area (Å²) in [5, 5.41) is 11.9. The maximum atomic E-state index is 12.1. The number of piperazine rings is 1. The third-order valence-corrected chi connectivity index (χ3v) is 4.56. The van der Waals surface area contributed by atoms with Crippen LogP contribution < -0.4 is 5.32 Å². The smallest absolute Gasteiger partial charge is 0.326 e. The maximum absolute atomic E-state index is 12.1. The van der Waals surface area contributed by atoms with Crippen LogP contribution in [-0.2, 0) is 16.1 Å². The summed E-state index contributed by atoms with van der Waals surface area (Å²) in [4.78, 5) is 27.8. The highest BCUT2D eigenvalue weighted by atomic mass is 16.4. The third-order valence-electron chi connectivity index (χ3n) is 4.56. The maximum Gasteiger partial charge on any atom is 0.326 e. The van der Waals surface area contributed by atoms with E-state index in [2.05, 4.69) is 27.2 Å². The van der Waals surface area contributed by atoms with Crippen molar-refractivity contribution in [1.29, 1.82) is 0 Å². The van der Waals surface area contributed by atoms with Gasteiger partial charge in [-0.15, -0.1) is 0 Å². The van der Waals surface area contributed by atoms with Gasteiger partial charge in [-0.3, -0.25) is 14.6 Å². The van der Waals surface area contributed by atoms with E-state index in [1.54, 1.807) is 0 Å². The van der Waals surface area contributed by atoms with Crippen LogP contribution in [0.1, 0.15) is 31.7 Å². The molecule has 1 saturated heterocycles. The highest BCUT2D eigenvalue weighted by Crippen LogP contribution is 2.08. The zero-order valence-electron chi connectivity index (χ0n) is 15.0. The van der Waals surface area contributed by atoms with Crippen molar-refractivity contribution in [3.05, 3.63) is 35.9 Å². The van der Waals surface area contributed by atoms with Crippen molar-refractivity contribution in [3.8, 4) is 0 Å². The van der Waals surface area contributed by atoms with E-state index < -0.39 is 12.0 Å². The first kappa shape index (κ1) is 19.4. The molecule has 6 heteroatoms. The van der Waals surface area contributed by atoms with Crippen molar-refractivity contribution >= 4 is 11.9 Å². The van der Waals surface area contributed by atoms with E-state index in [1.165, 1.54) is 5.56 Å². The van der Waals surface area contributed by atoms with Gasteiger partial charge in [-0.25, -0.2) is 4.79 Å². The zero-order valence-corrected chi connectivity index (χ0v) is 15.0. The van der Waals surface area contributed by atoms with Crippen LogP contribution in [0.5, 0.6) is 0 Å². The first-order valence-electron chi connectivity index (χ1n) is 9.09. The number of unbranched alkanes of at least 4 members (excludes halogenated alkanes) is 1. The Kier molecular flexibility index (Phi) is 7.88. The Morgan fingerprint density at radius 1 is 1.12 bits per heavy atom. The van der Waals surface area contributed by atoms with Crippen LogP contribution in [0.2, 0.25) is 0 Å². The number of carbonyl (C=O) groups is 2. The van der Waals surface area contributed by atoms with Crippen molar-refractivity contribution in [3.63, 3.8) is 0 Å². The van der Waals surface area contributed by atoms with Crippen molar-refractivity contribution in [2.24, 2.45) is 0 Å². The van der Waals surface area contributed by atoms with Crippen molar-refractivity contribution in [2.75, 3.05) is 32.7 Å². The Labute approximate surface area is 149 Å². The second-order valence-corrected chi connectivity index (χ2v) is 6.64. The number of nitrogens with zero attached hydrogens (tertiary/aromatic N) is 2. The molecule has 6 nitrogen and oxygen atoms in total. The molecule has 1 aliphatic heterocycles. The molecular formula is C19H29N3O3. The number of aliphatic carboxylic acids is 1. The van der Waals surface area contributed by atoms with Gasteiger partial charge in [0.1, 0.15) is 6.04 Å². The minimum absolute atomic E-state index is 0.194. The Hall–Kier alpha value is -1.92. The zero-order chi connectivity index (χ0) is 18.1. The molecule has 1 aliphatic rings. The molecule has 0 radical (unpaired) electrons. The molecule has 2 N–H and O–H groups in total. The molecule has 25 heavy (non-hydrogen) atoms. The minimum Gasteiger partial charge on any atom is -0.480 e. The normalized spacial score (nSPS) is 17.2. The van der Waals surface area contributed by atoms with E-state index in [9.17, 15) is 14.7 Å². The Morgan fingerprint density at radius 3 is 2.36 bits per heavy atom. The van der Waals surface area contributed by atoms with E-state index >= 15 is 0 Å². The summed E-state index contributed by atoms with van der Waals surface area (Å²) in [6.45, 7) is 6.70. The summed E-state index contributed by atoms with van der Waals surface area (Å²) >= 11 is 0. The van der Waals surface area contributed by atoms with E-state index in [1.807, 2.05) is 25.1 Å². The first-order valence-corrected chi connectivity index (χ1v) is 9.09. The summed E-state index contributed by atoms with van der Waals surface area (Å²) in [5.74, 6) is -1.14. The molecule has 0 spiro atoms. The van der Waals surface area contributed by atoms with Crippen LogP contribution in [0.3, 0.4) is 0 Å². The second kappa shape index (κ2) is 10.2. The molecule has 1 heterocycles. The summed E-state index contributed by atoms with van der Waals surface area (Å²) in [6.07, 6.45) is 2.21. The molecule has 138 valence electrons. The van der Waals surface area contributed by atoms with Gasteiger partial charge in [-0.2, -0.15) is 0 Å². The lowest BCUT2D eigenvalue weighted by Crippen LogP contribution is -2.51. The molecule has 1 aromatic carbocycles. The van der Waals surface area contributed by atoms with E-state index in [-0.39, 0.29) is 12.5 Å². The van der Waals surface area contributed by atoms with Gasteiger partial charge in [0.05, 0.1) is 6.54 Å². The van der Waals surface area contributed by atoms with Gasteiger partial charge < -0.3 is 10.4 Å². The number of carbonyl (C=O) groups excluding carboxylic acids is 1. The summed E-state index contributed by atoms with van der Waals surface area (Å²) in [6, 6.07) is 9.60. The quantitative estimate of drug-likeness (QED) is 0.709. The topological polar surface area (TPSA) is 72.9 Å². The van der Waals surface area contributed by atoms with Crippen molar-refractivity contribution in [1.82, 2.24) is 15.1 Å². The van der Waals surface area contributed by atoms with Gasteiger partial charge in [-0.05, 0) is 12.0 Å². The molecule has 1 amide bonds. The van der Waals surface area contributed by atoms with Gasteiger partial charge in [0, 0.05) is 32.7 Å². The van der Waals surface area contributed by atoms with Gasteiger partial charge in [0.15, 0.2) is 0 Å². The highest BCUT2D eigenvalue weighted by molar-refractivity contribution is 5.84.